The predicted molar refractivity (Wildman–Crippen MR) is 86.4 cm³/mol. The van der Waals surface area contributed by atoms with E-state index in [1.165, 1.54) is 0 Å². The molecule has 0 aliphatic carbocycles. The molecule has 1 aliphatic rings. The van der Waals surface area contributed by atoms with Gasteiger partial charge in [0, 0.05) is 32.4 Å². The van der Waals surface area contributed by atoms with E-state index in [-0.39, 0.29) is 0 Å². The Kier molecular flexibility index (Phi) is 4.10. The highest BCUT2D eigenvalue weighted by atomic mass is 16.5. The Labute approximate surface area is 130 Å². The van der Waals surface area contributed by atoms with Crippen molar-refractivity contribution in [3.8, 4) is 11.8 Å². The second-order valence-electron chi connectivity index (χ2n) is 5.16. The van der Waals surface area contributed by atoms with Crippen LogP contribution in [0, 0.1) is 11.3 Å². The van der Waals surface area contributed by atoms with Gasteiger partial charge < -0.3 is 14.5 Å². The maximum absolute atomic E-state index is 8.83. The van der Waals surface area contributed by atoms with Crippen molar-refractivity contribution in [2.24, 2.45) is 0 Å². The number of ether oxygens (including phenoxy) is 1. The lowest BCUT2D eigenvalue weighted by molar-refractivity contribution is 0.413. The summed E-state index contributed by atoms with van der Waals surface area (Å²) in [6.45, 7) is 3.64. The summed E-state index contributed by atoms with van der Waals surface area (Å²) in [4.78, 5) is 8.94. The molecular weight excluding hydrogens is 276 g/mol. The van der Waals surface area contributed by atoms with Gasteiger partial charge in [-0.05, 0) is 24.3 Å². The van der Waals surface area contributed by atoms with Crippen molar-refractivity contribution in [3.63, 3.8) is 0 Å². The van der Waals surface area contributed by atoms with Gasteiger partial charge in [-0.15, -0.1) is 0 Å². The van der Waals surface area contributed by atoms with Crippen LogP contribution in [0.2, 0.25) is 0 Å². The minimum absolute atomic E-state index is 0.594. The predicted octanol–water partition coefficient (Wildman–Crippen LogP) is 2.29. The molecule has 1 fully saturated rings. The Bertz CT molecular complexity index is 670. The second-order valence-corrected chi connectivity index (χ2v) is 5.16. The first-order chi connectivity index (χ1) is 10.8. The number of hydrogen-bond acceptors (Lipinski definition) is 5. The number of pyridine rings is 1. The molecule has 3 rings (SSSR count). The van der Waals surface area contributed by atoms with E-state index in [0.717, 1.165) is 43.4 Å². The lowest BCUT2D eigenvalue weighted by atomic mass is 10.2. The molecule has 1 aliphatic heterocycles. The fourth-order valence-corrected chi connectivity index (χ4v) is 2.71. The standard InChI is InChI=1S/C17H18N4O/c1-22-16-5-3-2-4-15(16)20-8-10-21(11-9-20)17-7-6-14(12-18)13-19-17/h2-7,13H,8-11H2,1H3. The van der Waals surface area contributed by atoms with Crippen molar-refractivity contribution in [2.75, 3.05) is 43.1 Å². The number of anilines is 2. The molecule has 0 atom stereocenters. The monoisotopic (exact) mass is 294 g/mol. The Morgan fingerprint density at radius 2 is 1.77 bits per heavy atom. The van der Waals surface area contributed by atoms with Crippen LogP contribution in [0.15, 0.2) is 42.6 Å². The van der Waals surface area contributed by atoms with E-state index in [0.29, 0.717) is 5.56 Å². The fourth-order valence-electron chi connectivity index (χ4n) is 2.71. The number of hydrogen-bond donors (Lipinski definition) is 0. The molecule has 0 N–H and O–H groups in total. The maximum Gasteiger partial charge on any atom is 0.142 e. The highest BCUT2D eigenvalue weighted by Crippen LogP contribution is 2.28. The van der Waals surface area contributed by atoms with E-state index >= 15 is 0 Å². The normalized spacial score (nSPS) is 14.5. The summed E-state index contributed by atoms with van der Waals surface area (Å²) in [5.74, 6) is 1.84. The average Bonchev–Trinajstić information content (AvgIpc) is 2.62. The Morgan fingerprint density at radius 1 is 1.05 bits per heavy atom. The fraction of sp³-hybridized carbons (Fsp3) is 0.294. The van der Waals surface area contributed by atoms with Crippen LogP contribution in [0.1, 0.15) is 5.56 Å². The quantitative estimate of drug-likeness (QED) is 0.869. The molecule has 0 spiro atoms. The van der Waals surface area contributed by atoms with Crippen LogP contribution in [-0.4, -0.2) is 38.3 Å². The number of nitrogens with zero attached hydrogens (tertiary/aromatic N) is 4. The molecule has 1 aromatic heterocycles. The zero-order chi connectivity index (χ0) is 15.4. The van der Waals surface area contributed by atoms with Crippen molar-refractivity contribution < 1.29 is 4.74 Å². The summed E-state index contributed by atoms with van der Waals surface area (Å²) in [7, 11) is 1.70. The summed E-state index contributed by atoms with van der Waals surface area (Å²) >= 11 is 0. The number of aromatic nitrogens is 1. The van der Waals surface area contributed by atoms with Crippen molar-refractivity contribution in [1.82, 2.24) is 4.98 Å². The molecule has 5 heteroatoms. The molecule has 5 nitrogen and oxygen atoms in total. The third-order valence-corrected chi connectivity index (χ3v) is 3.91. The highest BCUT2D eigenvalue weighted by Gasteiger charge is 2.20. The van der Waals surface area contributed by atoms with Gasteiger partial charge in [0.05, 0.1) is 18.4 Å². The van der Waals surface area contributed by atoms with Gasteiger partial charge in [0.25, 0.3) is 0 Å². The Hall–Kier alpha value is -2.74. The van der Waals surface area contributed by atoms with Gasteiger partial charge in [0.1, 0.15) is 17.6 Å². The lowest BCUT2D eigenvalue weighted by Gasteiger charge is -2.37. The first-order valence-corrected chi connectivity index (χ1v) is 7.31. The molecule has 2 heterocycles. The summed E-state index contributed by atoms with van der Waals surface area (Å²) in [5.41, 5.74) is 1.73. The largest absolute Gasteiger partial charge is 0.495 e. The zero-order valence-electron chi connectivity index (χ0n) is 12.6. The molecular formula is C17H18N4O. The van der Waals surface area contributed by atoms with Gasteiger partial charge in [0.15, 0.2) is 0 Å². The molecule has 0 bridgehead atoms. The number of rotatable bonds is 3. The van der Waals surface area contributed by atoms with Crippen molar-refractivity contribution in [1.29, 1.82) is 5.26 Å². The molecule has 112 valence electrons. The molecule has 0 unspecified atom stereocenters. The van der Waals surface area contributed by atoms with E-state index in [1.807, 2.05) is 30.3 Å². The van der Waals surface area contributed by atoms with Crippen LogP contribution in [0.4, 0.5) is 11.5 Å². The van der Waals surface area contributed by atoms with Crippen molar-refractivity contribution >= 4 is 11.5 Å². The van der Waals surface area contributed by atoms with Crippen LogP contribution in [0.5, 0.6) is 5.75 Å². The molecule has 0 saturated carbocycles. The van der Waals surface area contributed by atoms with Gasteiger partial charge in [-0.25, -0.2) is 4.98 Å². The number of nitriles is 1. The van der Waals surface area contributed by atoms with E-state index in [9.17, 15) is 0 Å². The number of piperazine rings is 1. The van der Waals surface area contributed by atoms with Gasteiger partial charge in [0.2, 0.25) is 0 Å². The third kappa shape index (κ3) is 2.82. The van der Waals surface area contributed by atoms with E-state index in [4.69, 9.17) is 10.00 Å². The third-order valence-electron chi connectivity index (χ3n) is 3.91. The van der Waals surface area contributed by atoms with E-state index in [2.05, 4.69) is 26.9 Å². The van der Waals surface area contributed by atoms with Crippen molar-refractivity contribution in [2.45, 2.75) is 0 Å². The van der Waals surface area contributed by atoms with Gasteiger partial charge in [-0.2, -0.15) is 5.26 Å². The number of methoxy groups -OCH3 is 1. The molecule has 1 aromatic carbocycles. The van der Waals surface area contributed by atoms with Gasteiger partial charge in [-0.3, -0.25) is 0 Å². The molecule has 0 radical (unpaired) electrons. The Balaban J connectivity index is 1.68. The maximum atomic E-state index is 8.83. The summed E-state index contributed by atoms with van der Waals surface area (Å²) < 4.78 is 5.44. The smallest absolute Gasteiger partial charge is 0.142 e. The first kappa shape index (κ1) is 14.2. The number of benzene rings is 1. The minimum atomic E-state index is 0.594. The first-order valence-electron chi connectivity index (χ1n) is 7.31. The van der Waals surface area contributed by atoms with Gasteiger partial charge >= 0.3 is 0 Å². The lowest BCUT2D eigenvalue weighted by Crippen LogP contribution is -2.46. The minimum Gasteiger partial charge on any atom is -0.495 e. The van der Waals surface area contributed by atoms with Crippen LogP contribution in [0.25, 0.3) is 0 Å². The average molecular weight is 294 g/mol. The molecule has 2 aromatic rings. The zero-order valence-corrected chi connectivity index (χ0v) is 12.6. The molecule has 22 heavy (non-hydrogen) atoms. The van der Waals surface area contributed by atoms with Crippen LogP contribution < -0.4 is 14.5 Å². The molecule has 1 saturated heterocycles. The highest BCUT2D eigenvalue weighted by molar-refractivity contribution is 5.59. The van der Waals surface area contributed by atoms with Crippen LogP contribution >= 0.6 is 0 Å². The topological polar surface area (TPSA) is 52.4 Å². The van der Waals surface area contributed by atoms with Crippen LogP contribution in [0.3, 0.4) is 0 Å². The van der Waals surface area contributed by atoms with Crippen molar-refractivity contribution in [3.05, 3.63) is 48.2 Å². The second kappa shape index (κ2) is 6.35. The summed E-state index contributed by atoms with van der Waals surface area (Å²) in [5, 5.41) is 8.83. The van der Waals surface area contributed by atoms with Crippen LogP contribution in [-0.2, 0) is 0 Å². The van der Waals surface area contributed by atoms with E-state index in [1.54, 1.807) is 13.3 Å². The van der Waals surface area contributed by atoms with Gasteiger partial charge in [-0.1, -0.05) is 12.1 Å². The number of para-hydroxylation sites is 2. The van der Waals surface area contributed by atoms with E-state index < -0.39 is 0 Å². The Morgan fingerprint density at radius 3 is 2.41 bits per heavy atom. The SMILES string of the molecule is COc1ccccc1N1CCN(c2ccc(C#N)cn2)CC1. The summed E-state index contributed by atoms with van der Waals surface area (Å²) in [6.07, 6.45) is 1.63. The molecule has 0 amide bonds. The summed E-state index contributed by atoms with van der Waals surface area (Å²) in [6, 6.07) is 13.9.